The van der Waals surface area contributed by atoms with Gasteiger partial charge in [-0.2, -0.15) is 0 Å². The lowest BCUT2D eigenvalue weighted by molar-refractivity contribution is 0.699. The molecule has 0 fully saturated rings. The van der Waals surface area contributed by atoms with Crippen molar-refractivity contribution < 1.29 is 0 Å². The van der Waals surface area contributed by atoms with Gasteiger partial charge in [-0.1, -0.05) is 36.8 Å². The van der Waals surface area contributed by atoms with Crippen LogP contribution in [0.3, 0.4) is 0 Å². The lowest BCUT2D eigenvalue weighted by atomic mass is 9.99. The van der Waals surface area contributed by atoms with Crippen LogP contribution >= 0.6 is 11.3 Å². The van der Waals surface area contributed by atoms with Crippen LogP contribution in [0.15, 0.2) is 29.3 Å². The van der Waals surface area contributed by atoms with Gasteiger partial charge in [0.15, 0.2) is 5.96 Å². The van der Waals surface area contributed by atoms with Crippen molar-refractivity contribution in [3.8, 4) is 0 Å². The maximum atomic E-state index is 4.71. The molecule has 0 bridgehead atoms. The van der Waals surface area contributed by atoms with Crippen LogP contribution in [0.2, 0.25) is 0 Å². The third-order valence-corrected chi connectivity index (χ3v) is 4.97. The second-order valence-corrected chi connectivity index (χ2v) is 7.42. The number of benzene rings is 1. The zero-order chi connectivity index (χ0) is 17.5. The van der Waals surface area contributed by atoms with E-state index in [0.717, 1.165) is 29.8 Å². The predicted molar refractivity (Wildman–Crippen MR) is 104 cm³/mol. The van der Waals surface area contributed by atoms with Crippen LogP contribution in [-0.4, -0.2) is 24.0 Å². The van der Waals surface area contributed by atoms with Gasteiger partial charge < -0.3 is 10.6 Å². The minimum Gasteiger partial charge on any atom is -0.357 e. The quantitative estimate of drug-likeness (QED) is 0.617. The fraction of sp³-hybridized carbons (Fsp3) is 0.474. The first-order valence-corrected chi connectivity index (χ1v) is 9.33. The van der Waals surface area contributed by atoms with Crippen molar-refractivity contribution >= 4 is 17.3 Å². The summed E-state index contributed by atoms with van der Waals surface area (Å²) in [4.78, 5) is 10.4. The molecule has 4 nitrogen and oxygen atoms in total. The largest absolute Gasteiger partial charge is 0.357 e. The van der Waals surface area contributed by atoms with E-state index in [0.29, 0.717) is 12.5 Å². The molecule has 5 heteroatoms. The van der Waals surface area contributed by atoms with E-state index in [1.54, 1.807) is 11.3 Å². The summed E-state index contributed by atoms with van der Waals surface area (Å²) < 4.78 is 0. The Kier molecular flexibility index (Phi) is 6.79. The highest BCUT2D eigenvalue weighted by Crippen LogP contribution is 2.18. The molecule has 1 aromatic carbocycles. The highest BCUT2D eigenvalue weighted by Gasteiger charge is 2.08. The van der Waals surface area contributed by atoms with Crippen molar-refractivity contribution in [2.24, 2.45) is 4.99 Å². The molecular formula is C19H28N4S. The summed E-state index contributed by atoms with van der Waals surface area (Å²) in [5.74, 6) is 1.29. The normalized spacial score (nSPS) is 13.0. The number of hydrogen-bond acceptors (Lipinski definition) is 3. The zero-order valence-electron chi connectivity index (χ0n) is 15.3. The first-order valence-electron chi connectivity index (χ1n) is 8.51. The van der Waals surface area contributed by atoms with Crippen molar-refractivity contribution in [1.82, 2.24) is 15.6 Å². The Morgan fingerprint density at radius 3 is 2.67 bits per heavy atom. The Balaban J connectivity index is 1.97. The molecule has 2 rings (SSSR count). The van der Waals surface area contributed by atoms with E-state index < -0.39 is 0 Å². The van der Waals surface area contributed by atoms with Crippen LogP contribution in [0.25, 0.3) is 0 Å². The molecule has 1 atom stereocenters. The summed E-state index contributed by atoms with van der Waals surface area (Å²) in [6, 6.07) is 8.69. The second kappa shape index (κ2) is 8.83. The highest BCUT2D eigenvalue weighted by atomic mass is 32.1. The lowest BCUT2D eigenvalue weighted by Crippen LogP contribution is -2.39. The first-order chi connectivity index (χ1) is 11.5. The fourth-order valence-electron chi connectivity index (χ4n) is 2.56. The number of aryl methyl sites for hydroxylation is 3. The Morgan fingerprint density at radius 1 is 1.25 bits per heavy atom. The van der Waals surface area contributed by atoms with Crippen LogP contribution in [-0.2, 0) is 6.54 Å². The molecule has 130 valence electrons. The number of guanidine groups is 1. The third kappa shape index (κ3) is 5.34. The Hall–Kier alpha value is -1.88. The highest BCUT2D eigenvalue weighted by molar-refractivity contribution is 7.11. The molecule has 1 unspecified atom stereocenters. The predicted octanol–water partition coefficient (Wildman–Crippen LogP) is 3.93. The van der Waals surface area contributed by atoms with Gasteiger partial charge in [0.2, 0.25) is 0 Å². The third-order valence-electron chi connectivity index (χ3n) is 3.91. The topological polar surface area (TPSA) is 49.3 Å². The maximum absolute atomic E-state index is 4.71. The number of aromatic nitrogens is 1. The average molecular weight is 345 g/mol. The van der Waals surface area contributed by atoms with Crippen LogP contribution in [0.5, 0.6) is 0 Å². The smallest absolute Gasteiger partial charge is 0.191 e. The molecule has 0 aliphatic carbocycles. The van der Waals surface area contributed by atoms with Crippen molar-refractivity contribution in [3.05, 3.63) is 51.0 Å². The van der Waals surface area contributed by atoms with Gasteiger partial charge in [0.05, 0.1) is 17.2 Å². The van der Waals surface area contributed by atoms with Crippen molar-refractivity contribution in [2.45, 2.75) is 47.1 Å². The molecule has 2 aromatic rings. The monoisotopic (exact) mass is 344 g/mol. The number of rotatable bonds is 6. The first kappa shape index (κ1) is 18.5. The Bertz CT molecular complexity index is 690. The molecule has 1 heterocycles. The Labute approximate surface area is 149 Å². The molecule has 24 heavy (non-hydrogen) atoms. The van der Waals surface area contributed by atoms with Crippen LogP contribution in [0, 0.1) is 20.8 Å². The number of nitrogens with zero attached hydrogens (tertiary/aromatic N) is 2. The molecule has 2 N–H and O–H groups in total. The van der Waals surface area contributed by atoms with Gasteiger partial charge >= 0.3 is 0 Å². The molecule has 0 aliphatic rings. The minimum atomic E-state index is 0.432. The number of aliphatic imine (C=N–C) groups is 1. The van der Waals surface area contributed by atoms with Gasteiger partial charge in [0, 0.05) is 18.0 Å². The summed E-state index contributed by atoms with van der Waals surface area (Å²) in [6.07, 6.45) is 0. The summed E-state index contributed by atoms with van der Waals surface area (Å²) in [6.45, 7) is 12.9. The lowest BCUT2D eigenvalue weighted by Gasteiger charge is -2.16. The van der Waals surface area contributed by atoms with E-state index in [9.17, 15) is 0 Å². The average Bonchev–Trinajstić information content (AvgIpc) is 2.87. The van der Waals surface area contributed by atoms with E-state index in [-0.39, 0.29) is 0 Å². The second-order valence-electron chi connectivity index (χ2n) is 6.13. The maximum Gasteiger partial charge on any atom is 0.191 e. The van der Waals surface area contributed by atoms with Gasteiger partial charge in [0.25, 0.3) is 0 Å². The molecule has 0 saturated heterocycles. The summed E-state index contributed by atoms with van der Waals surface area (Å²) in [7, 11) is 0. The van der Waals surface area contributed by atoms with E-state index in [2.05, 4.69) is 67.6 Å². The molecule has 0 amide bonds. The Morgan fingerprint density at radius 2 is 2.04 bits per heavy atom. The molecule has 0 spiro atoms. The van der Waals surface area contributed by atoms with Crippen LogP contribution in [0.1, 0.15) is 46.5 Å². The van der Waals surface area contributed by atoms with Gasteiger partial charge in [-0.05, 0) is 39.2 Å². The SMILES string of the molecule is CCNC(=NCc1sc(C)nc1C)NCC(C)c1cccc(C)c1. The van der Waals surface area contributed by atoms with Gasteiger partial charge in [-0.3, -0.25) is 0 Å². The molecule has 0 radical (unpaired) electrons. The van der Waals surface area contributed by atoms with E-state index in [1.807, 2.05) is 6.92 Å². The summed E-state index contributed by atoms with van der Waals surface area (Å²) in [5, 5.41) is 7.88. The minimum absolute atomic E-state index is 0.432. The molecular weight excluding hydrogens is 316 g/mol. The van der Waals surface area contributed by atoms with Crippen molar-refractivity contribution in [3.63, 3.8) is 0 Å². The zero-order valence-corrected chi connectivity index (χ0v) is 16.1. The number of thiazole rings is 1. The summed E-state index contributed by atoms with van der Waals surface area (Å²) in [5.41, 5.74) is 3.74. The summed E-state index contributed by atoms with van der Waals surface area (Å²) >= 11 is 1.72. The van der Waals surface area contributed by atoms with Crippen LogP contribution in [0.4, 0.5) is 0 Å². The van der Waals surface area contributed by atoms with E-state index in [4.69, 9.17) is 4.99 Å². The van der Waals surface area contributed by atoms with Gasteiger partial charge in [-0.15, -0.1) is 11.3 Å². The van der Waals surface area contributed by atoms with Gasteiger partial charge in [0.1, 0.15) is 0 Å². The van der Waals surface area contributed by atoms with Crippen LogP contribution < -0.4 is 10.6 Å². The number of hydrogen-bond donors (Lipinski definition) is 2. The molecule has 0 aliphatic heterocycles. The van der Waals surface area contributed by atoms with E-state index in [1.165, 1.54) is 16.0 Å². The van der Waals surface area contributed by atoms with Crippen molar-refractivity contribution in [2.75, 3.05) is 13.1 Å². The van der Waals surface area contributed by atoms with E-state index >= 15 is 0 Å². The van der Waals surface area contributed by atoms with Gasteiger partial charge in [-0.25, -0.2) is 9.98 Å². The number of nitrogens with one attached hydrogen (secondary N) is 2. The molecule has 1 aromatic heterocycles. The standard InChI is InChI=1S/C19H28N4S/c1-6-20-19(22-12-18-15(4)23-16(5)24-18)21-11-14(3)17-9-7-8-13(2)10-17/h7-10,14H,6,11-12H2,1-5H3,(H2,20,21,22). The fourth-order valence-corrected chi connectivity index (χ4v) is 3.42. The molecule has 0 saturated carbocycles. The van der Waals surface area contributed by atoms with Crippen molar-refractivity contribution in [1.29, 1.82) is 0 Å².